The van der Waals surface area contributed by atoms with Gasteiger partial charge in [0.05, 0.1) is 6.10 Å². The Morgan fingerprint density at radius 3 is 2.15 bits per heavy atom. The van der Waals surface area contributed by atoms with Gasteiger partial charge in [0.15, 0.2) is 0 Å². The highest BCUT2D eigenvalue weighted by molar-refractivity contribution is 5.27. The average Bonchev–Trinajstić information content (AvgIpc) is 2.53. The smallest absolute Gasteiger partial charge is 0.0639 e. The van der Waals surface area contributed by atoms with E-state index in [1.807, 2.05) is 0 Å². The van der Waals surface area contributed by atoms with E-state index < -0.39 is 0 Å². The lowest BCUT2D eigenvalue weighted by molar-refractivity contribution is 0.0329. The lowest BCUT2D eigenvalue weighted by Gasteiger charge is -2.43. The zero-order valence-electron chi connectivity index (χ0n) is 13.1. The van der Waals surface area contributed by atoms with Crippen LogP contribution in [0.2, 0.25) is 0 Å². The van der Waals surface area contributed by atoms with Crippen LogP contribution in [0.1, 0.15) is 70.8 Å². The van der Waals surface area contributed by atoms with Gasteiger partial charge in [0, 0.05) is 5.41 Å². The summed E-state index contributed by atoms with van der Waals surface area (Å²) in [6.45, 7) is 4.49. The maximum atomic E-state index is 11.0. The van der Waals surface area contributed by atoms with Gasteiger partial charge in [-0.05, 0) is 30.7 Å². The second-order valence-corrected chi connectivity index (χ2v) is 6.52. The van der Waals surface area contributed by atoms with Crippen molar-refractivity contribution in [3.63, 3.8) is 0 Å². The molecule has 0 bridgehead atoms. The van der Waals surface area contributed by atoms with Crippen molar-refractivity contribution in [2.75, 3.05) is 0 Å². The lowest BCUT2D eigenvalue weighted by Crippen LogP contribution is -2.42. The molecule has 1 aromatic rings. The van der Waals surface area contributed by atoms with Crippen LogP contribution in [0.4, 0.5) is 0 Å². The van der Waals surface area contributed by atoms with E-state index in [4.69, 9.17) is 0 Å². The van der Waals surface area contributed by atoms with Crippen LogP contribution in [0.3, 0.4) is 0 Å². The van der Waals surface area contributed by atoms with Crippen molar-refractivity contribution < 1.29 is 5.11 Å². The Bertz CT molecular complexity index is 374. The highest BCUT2D eigenvalue weighted by Crippen LogP contribution is 2.44. The van der Waals surface area contributed by atoms with Crippen molar-refractivity contribution in [3.05, 3.63) is 35.9 Å². The minimum absolute atomic E-state index is 0.0160. The maximum Gasteiger partial charge on any atom is 0.0639 e. The van der Waals surface area contributed by atoms with Crippen molar-refractivity contribution in [2.45, 2.75) is 76.7 Å². The van der Waals surface area contributed by atoms with Crippen molar-refractivity contribution in [2.24, 2.45) is 5.92 Å². The van der Waals surface area contributed by atoms with E-state index in [0.717, 1.165) is 19.3 Å². The second kappa shape index (κ2) is 7.26. The molecule has 112 valence electrons. The standard InChI is InChI=1S/C19H30O/c1-3-16(4-2)15-18(20)19(13-9-6-10-14-19)17-11-7-5-8-12-17/h5,7-8,11-12,16,18,20H,3-4,6,9-10,13-15H2,1-2H3. The third-order valence-electron chi connectivity index (χ3n) is 5.44. The van der Waals surface area contributed by atoms with Gasteiger partial charge in [-0.1, -0.05) is 76.3 Å². The number of aliphatic hydroxyl groups is 1. The van der Waals surface area contributed by atoms with Crippen LogP contribution >= 0.6 is 0 Å². The quantitative estimate of drug-likeness (QED) is 0.767. The molecule has 0 radical (unpaired) electrons. The molecule has 0 aliphatic heterocycles. The van der Waals surface area contributed by atoms with Crippen LogP contribution in [-0.2, 0) is 5.41 Å². The van der Waals surface area contributed by atoms with Gasteiger partial charge in [-0.3, -0.25) is 0 Å². The molecular weight excluding hydrogens is 244 g/mol. The van der Waals surface area contributed by atoms with Gasteiger partial charge in [0.1, 0.15) is 0 Å². The van der Waals surface area contributed by atoms with Gasteiger partial charge < -0.3 is 5.11 Å². The Morgan fingerprint density at radius 2 is 1.60 bits per heavy atom. The molecule has 0 saturated heterocycles. The first kappa shape index (κ1) is 15.6. The van der Waals surface area contributed by atoms with Gasteiger partial charge in [-0.25, -0.2) is 0 Å². The van der Waals surface area contributed by atoms with Gasteiger partial charge in [-0.15, -0.1) is 0 Å². The summed E-state index contributed by atoms with van der Waals surface area (Å²) in [7, 11) is 0. The minimum atomic E-state index is -0.185. The van der Waals surface area contributed by atoms with Crippen LogP contribution in [0.5, 0.6) is 0 Å². The molecule has 1 heteroatoms. The molecule has 1 atom stereocenters. The second-order valence-electron chi connectivity index (χ2n) is 6.52. The molecule has 0 aromatic heterocycles. The maximum absolute atomic E-state index is 11.0. The van der Waals surface area contributed by atoms with E-state index in [9.17, 15) is 5.11 Å². The van der Waals surface area contributed by atoms with Gasteiger partial charge in [0.2, 0.25) is 0 Å². The molecular formula is C19H30O. The summed E-state index contributed by atoms with van der Waals surface area (Å²) >= 11 is 0. The first-order chi connectivity index (χ1) is 9.73. The molecule has 1 nitrogen and oxygen atoms in total. The summed E-state index contributed by atoms with van der Waals surface area (Å²) in [6.07, 6.45) is 9.28. The molecule has 1 unspecified atom stereocenters. The fraction of sp³-hybridized carbons (Fsp3) is 0.684. The minimum Gasteiger partial charge on any atom is -0.392 e. The normalized spacial score (nSPS) is 20.0. The van der Waals surface area contributed by atoms with E-state index in [1.54, 1.807) is 0 Å². The van der Waals surface area contributed by atoms with Crippen molar-refractivity contribution in [1.29, 1.82) is 0 Å². The first-order valence-corrected chi connectivity index (χ1v) is 8.46. The summed E-state index contributed by atoms with van der Waals surface area (Å²) in [4.78, 5) is 0. The molecule has 2 rings (SSSR count). The van der Waals surface area contributed by atoms with Crippen LogP contribution < -0.4 is 0 Å². The molecule has 1 aliphatic rings. The zero-order valence-corrected chi connectivity index (χ0v) is 13.1. The van der Waals surface area contributed by atoms with Gasteiger partial charge >= 0.3 is 0 Å². The van der Waals surface area contributed by atoms with Crippen molar-refractivity contribution >= 4 is 0 Å². The van der Waals surface area contributed by atoms with E-state index in [0.29, 0.717) is 5.92 Å². The number of benzene rings is 1. The molecule has 20 heavy (non-hydrogen) atoms. The molecule has 1 saturated carbocycles. The predicted molar refractivity (Wildman–Crippen MR) is 85.9 cm³/mol. The van der Waals surface area contributed by atoms with Gasteiger partial charge in [-0.2, -0.15) is 0 Å². The Kier molecular flexibility index (Phi) is 5.65. The monoisotopic (exact) mass is 274 g/mol. The number of hydrogen-bond acceptors (Lipinski definition) is 1. The summed E-state index contributed by atoms with van der Waals surface area (Å²) in [6, 6.07) is 10.8. The van der Waals surface area contributed by atoms with E-state index in [-0.39, 0.29) is 11.5 Å². The Morgan fingerprint density at radius 1 is 1.00 bits per heavy atom. The lowest BCUT2D eigenvalue weighted by atomic mass is 9.64. The highest BCUT2D eigenvalue weighted by atomic mass is 16.3. The summed E-state index contributed by atoms with van der Waals surface area (Å²) < 4.78 is 0. The Labute approximate surface area is 124 Å². The summed E-state index contributed by atoms with van der Waals surface area (Å²) in [5, 5.41) is 11.0. The number of hydrogen-bond donors (Lipinski definition) is 1. The number of aliphatic hydroxyl groups excluding tert-OH is 1. The number of rotatable bonds is 6. The molecule has 0 amide bonds. The zero-order chi connectivity index (χ0) is 14.4. The Hall–Kier alpha value is -0.820. The largest absolute Gasteiger partial charge is 0.392 e. The van der Waals surface area contributed by atoms with Crippen LogP contribution in [-0.4, -0.2) is 11.2 Å². The summed E-state index contributed by atoms with van der Waals surface area (Å²) in [5.41, 5.74) is 1.38. The van der Waals surface area contributed by atoms with Gasteiger partial charge in [0.25, 0.3) is 0 Å². The van der Waals surface area contributed by atoms with E-state index >= 15 is 0 Å². The SMILES string of the molecule is CCC(CC)CC(O)C1(c2ccccc2)CCCCC1. The molecule has 1 N–H and O–H groups in total. The fourth-order valence-corrected chi connectivity index (χ4v) is 3.93. The third kappa shape index (κ3) is 3.25. The molecule has 0 heterocycles. The van der Waals surface area contributed by atoms with Crippen molar-refractivity contribution in [1.82, 2.24) is 0 Å². The Balaban J connectivity index is 2.23. The van der Waals surface area contributed by atoms with Crippen molar-refractivity contribution in [3.8, 4) is 0 Å². The van der Waals surface area contributed by atoms with Crippen LogP contribution in [0.15, 0.2) is 30.3 Å². The summed E-state index contributed by atoms with van der Waals surface area (Å²) in [5.74, 6) is 0.660. The molecule has 1 aliphatic carbocycles. The van der Waals surface area contributed by atoms with E-state index in [2.05, 4.69) is 44.2 Å². The topological polar surface area (TPSA) is 20.2 Å². The highest BCUT2D eigenvalue weighted by Gasteiger charge is 2.40. The predicted octanol–water partition coefficient (Wildman–Crippen LogP) is 5.08. The van der Waals surface area contributed by atoms with Crippen LogP contribution in [0, 0.1) is 5.92 Å². The average molecular weight is 274 g/mol. The van der Waals surface area contributed by atoms with Crippen LogP contribution in [0.25, 0.3) is 0 Å². The first-order valence-electron chi connectivity index (χ1n) is 8.46. The molecule has 1 aromatic carbocycles. The molecule has 1 fully saturated rings. The molecule has 0 spiro atoms. The fourth-order valence-electron chi connectivity index (χ4n) is 3.93. The van der Waals surface area contributed by atoms with E-state index in [1.165, 1.54) is 37.7 Å². The third-order valence-corrected chi connectivity index (χ3v) is 5.44.